The molecule has 0 saturated carbocycles. The summed E-state index contributed by atoms with van der Waals surface area (Å²) in [5, 5.41) is 2.86. The SMILES string of the molecule is Cc1cc(-c2ccc(C3CCN(C)CC3)cc2F)sc1C(=O)N1CC[C@H](NC(=O)OC(C)(C)C)C1. The molecule has 1 N–H and O–H groups in total. The van der Waals surface area contributed by atoms with Crippen LogP contribution in [0.25, 0.3) is 10.4 Å². The summed E-state index contributed by atoms with van der Waals surface area (Å²) in [6, 6.07) is 7.34. The van der Waals surface area contributed by atoms with Gasteiger partial charge in [0, 0.05) is 23.5 Å². The fourth-order valence-corrected chi connectivity index (χ4v) is 6.00. The van der Waals surface area contributed by atoms with Crippen LogP contribution < -0.4 is 5.32 Å². The first kappa shape index (κ1) is 25.6. The molecule has 0 aliphatic carbocycles. The molecule has 8 heteroatoms. The van der Waals surface area contributed by atoms with Crippen LogP contribution in [0.15, 0.2) is 24.3 Å². The number of benzene rings is 1. The number of thiophene rings is 1. The van der Waals surface area contributed by atoms with E-state index in [4.69, 9.17) is 4.74 Å². The van der Waals surface area contributed by atoms with Gasteiger partial charge in [0.15, 0.2) is 0 Å². The first-order valence-corrected chi connectivity index (χ1v) is 13.2. The number of halogens is 1. The number of amides is 2. The third kappa shape index (κ3) is 6.22. The Balaban J connectivity index is 1.42. The third-order valence-corrected chi connectivity index (χ3v) is 8.02. The Kier molecular flexibility index (Phi) is 7.52. The van der Waals surface area contributed by atoms with Crippen molar-refractivity contribution in [3.05, 3.63) is 46.1 Å². The molecule has 2 saturated heterocycles. The Morgan fingerprint density at radius 3 is 2.49 bits per heavy atom. The maximum Gasteiger partial charge on any atom is 0.407 e. The van der Waals surface area contributed by atoms with Crippen LogP contribution in [0.3, 0.4) is 0 Å². The van der Waals surface area contributed by atoms with Crippen LogP contribution in [0, 0.1) is 12.7 Å². The van der Waals surface area contributed by atoms with Crippen LogP contribution in [-0.4, -0.2) is 66.7 Å². The van der Waals surface area contributed by atoms with Crippen molar-refractivity contribution in [2.24, 2.45) is 0 Å². The van der Waals surface area contributed by atoms with Crippen molar-refractivity contribution in [2.75, 3.05) is 33.2 Å². The molecule has 4 rings (SSSR count). The Bertz CT molecular complexity index is 1090. The number of likely N-dealkylation sites (tertiary alicyclic amines) is 2. The third-order valence-electron chi connectivity index (χ3n) is 6.76. The summed E-state index contributed by atoms with van der Waals surface area (Å²) in [5.41, 5.74) is 1.88. The van der Waals surface area contributed by atoms with Gasteiger partial charge in [-0.2, -0.15) is 0 Å². The molecule has 0 spiro atoms. The number of nitrogens with one attached hydrogen (secondary N) is 1. The number of nitrogens with zero attached hydrogens (tertiary/aromatic N) is 2. The maximum absolute atomic E-state index is 15.1. The van der Waals surface area contributed by atoms with Crippen molar-refractivity contribution in [3.63, 3.8) is 0 Å². The van der Waals surface area contributed by atoms with E-state index >= 15 is 4.39 Å². The Hall–Kier alpha value is -2.45. The van der Waals surface area contributed by atoms with E-state index in [-0.39, 0.29) is 17.8 Å². The molecule has 3 heterocycles. The lowest BCUT2D eigenvalue weighted by molar-refractivity contribution is 0.0502. The second-order valence-corrected chi connectivity index (χ2v) is 11.9. The number of alkyl carbamates (subject to hydrolysis) is 1. The second kappa shape index (κ2) is 10.3. The smallest absolute Gasteiger partial charge is 0.407 e. The molecule has 1 aromatic heterocycles. The average Bonchev–Trinajstić information content (AvgIpc) is 3.39. The van der Waals surface area contributed by atoms with Gasteiger partial charge in [-0.3, -0.25) is 4.79 Å². The fourth-order valence-electron chi connectivity index (χ4n) is 4.83. The van der Waals surface area contributed by atoms with Gasteiger partial charge in [0.25, 0.3) is 5.91 Å². The minimum atomic E-state index is -0.566. The normalized spacial score (nSPS) is 19.7. The van der Waals surface area contributed by atoms with Gasteiger partial charge in [-0.25, -0.2) is 9.18 Å². The van der Waals surface area contributed by atoms with Crippen molar-refractivity contribution in [3.8, 4) is 10.4 Å². The van der Waals surface area contributed by atoms with E-state index in [0.717, 1.165) is 41.9 Å². The van der Waals surface area contributed by atoms with E-state index in [2.05, 4.69) is 17.3 Å². The minimum Gasteiger partial charge on any atom is -0.444 e. The summed E-state index contributed by atoms with van der Waals surface area (Å²) in [4.78, 5) is 30.8. The van der Waals surface area contributed by atoms with Crippen LogP contribution >= 0.6 is 11.3 Å². The standard InChI is InChI=1S/C27H36FN3O3S/c1-17-14-23(21-7-6-19(15-22(21)28)18-8-11-30(5)12-9-18)35-24(17)25(32)31-13-10-20(16-31)29-26(33)34-27(2,3)4/h6-7,14-15,18,20H,8-13,16H2,1-5H3,(H,29,33)/t20-/m0/s1. The Morgan fingerprint density at radius 1 is 1.11 bits per heavy atom. The molecule has 0 unspecified atom stereocenters. The molecular formula is C27H36FN3O3S. The predicted octanol–water partition coefficient (Wildman–Crippen LogP) is 5.41. The lowest BCUT2D eigenvalue weighted by atomic mass is 9.89. The van der Waals surface area contributed by atoms with E-state index in [0.29, 0.717) is 35.9 Å². The second-order valence-electron chi connectivity index (χ2n) is 10.8. The van der Waals surface area contributed by atoms with E-state index in [1.54, 1.807) is 11.0 Å². The van der Waals surface area contributed by atoms with Crippen molar-refractivity contribution in [1.29, 1.82) is 0 Å². The molecule has 190 valence electrons. The number of carbonyl (C=O) groups is 2. The zero-order valence-electron chi connectivity index (χ0n) is 21.3. The van der Waals surface area contributed by atoms with Gasteiger partial charge in [-0.05, 0) is 96.3 Å². The molecular weight excluding hydrogens is 465 g/mol. The number of rotatable bonds is 4. The summed E-state index contributed by atoms with van der Waals surface area (Å²) in [5.74, 6) is 0.0921. The summed E-state index contributed by atoms with van der Waals surface area (Å²) in [6.45, 7) is 10.4. The lowest BCUT2D eigenvalue weighted by Crippen LogP contribution is -2.41. The molecule has 2 aromatic rings. The van der Waals surface area contributed by atoms with Crippen LogP contribution in [0.2, 0.25) is 0 Å². The summed E-state index contributed by atoms with van der Waals surface area (Å²) < 4.78 is 20.5. The molecule has 2 amide bonds. The minimum absolute atomic E-state index is 0.0735. The number of ether oxygens (including phenoxy) is 1. The van der Waals surface area contributed by atoms with Crippen LogP contribution in [0.5, 0.6) is 0 Å². The number of carbonyl (C=O) groups excluding carboxylic acids is 2. The molecule has 35 heavy (non-hydrogen) atoms. The quantitative estimate of drug-likeness (QED) is 0.609. The Labute approximate surface area is 211 Å². The van der Waals surface area contributed by atoms with Gasteiger partial charge >= 0.3 is 6.09 Å². The molecule has 2 fully saturated rings. The molecule has 2 aliphatic heterocycles. The first-order valence-electron chi connectivity index (χ1n) is 12.4. The van der Waals surface area contributed by atoms with Crippen molar-refractivity contribution < 1.29 is 18.7 Å². The highest BCUT2D eigenvalue weighted by Crippen LogP contribution is 2.36. The van der Waals surface area contributed by atoms with E-state index in [9.17, 15) is 9.59 Å². The molecule has 2 aliphatic rings. The molecule has 0 radical (unpaired) electrons. The fraction of sp³-hybridized carbons (Fsp3) is 0.556. The van der Waals surface area contributed by atoms with E-state index < -0.39 is 11.7 Å². The highest BCUT2D eigenvalue weighted by Gasteiger charge is 2.31. The zero-order chi connectivity index (χ0) is 25.3. The van der Waals surface area contributed by atoms with Gasteiger partial charge in [0.2, 0.25) is 0 Å². The molecule has 1 aromatic carbocycles. The number of piperidine rings is 1. The average molecular weight is 502 g/mol. The number of hydrogen-bond donors (Lipinski definition) is 1. The summed E-state index contributed by atoms with van der Waals surface area (Å²) in [7, 11) is 2.12. The van der Waals surface area contributed by atoms with Gasteiger partial charge in [-0.15, -0.1) is 11.3 Å². The Morgan fingerprint density at radius 2 is 1.83 bits per heavy atom. The van der Waals surface area contributed by atoms with Crippen molar-refractivity contribution in [2.45, 2.75) is 64.5 Å². The van der Waals surface area contributed by atoms with Crippen LogP contribution in [-0.2, 0) is 4.74 Å². The lowest BCUT2D eigenvalue weighted by Gasteiger charge is -2.29. The van der Waals surface area contributed by atoms with Gasteiger partial charge in [0.1, 0.15) is 11.4 Å². The highest BCUT2D eigenvalue weighted by atomic mass is 32.1. The van der Waals surface area contributed by atoms with Gasteiger partial charge < -0.3 is 19.9 Å². The maximum atomic E-state index is 15.1. The zero-order valence-corrected chi connectivity index (χ0v) is 22.1. The number of aryl methyl sites for hydroxylation is 1. The van der Waals surface area contributed by atoms with E-state index in [1.807, 2.05) is 45.9 Å². The monoisotopic (exact) mass is 501 g/mol. The van der Waals surface area contributed by atoms with Crippen LogP contribution in [0.4, 0.5) is 9.18 Å². The molecule has 0 bridgehead atoms. The van der Waals surface area contributed by atoms with Crippen molar-refractivity contribution in [1.82, 2.24) is 15.1 Å². The summed E-state index contributed by atoms with van der Waals surface area (Å²) >= 11 is 1.34. The first-order chi connectivity index (χ1) is 16.5. The molecule has 1 atom stereocenters. The predicted molar refractivity (Wildman–Crippen MR) is 138 cm³/mol. The summed E-state index contributed by atoms with van der Waals surface area (Å²) in [6.07, 6.45) is 2.30. The highest BCUT2D eigenvalue weighted by molar-refractivity contribution is 7.17. The van der Waals surface area contributed by atoms with Gasteiger partial charge in [0.05, 0.1) is 10.9 Å². The van der Waals surface area contributed by atoms with Crippen LogP contribution in [0.1, 0.15) is 66.8 Å². The molecule has 6 nitrogen and oxygen atoms in total. The topological polar surface area (TPSA) is 61.9 Å². The van der Waals surface area contributed by atoms with E-state index in [1.165, 1.54) is 11.3 Å². The van der Waals surface area contributed by atoms with Crippen molar-refractivity contribution >= 4 is 23.3 Å². The van der Waals surface area contributed by atoms with Gasteiger partial charge in [-0.1, -0.05) is 12.1 Å². The largest absolute Gasteiger partial charge is 0.444 e. The number of hydrogen-bond acceptors (Lipinski definition) is 5.